The second-order valence-electron chi connectivity index (χ2n) is 3.11. The smallest absolute Gasteiger partial charge is 0.174 e. The molecule has 0 aliphatic rings. The lowest BCUT2D eigenvalue weighted by atomic mass is 10.1. The molecule has 0 amide bonds. The Bertz CT molecular complexity index is 522. The number of ether oxygens (including phenoxy) is 1. The van der Waals surface area contributed by atoms with Crippen LogP contribution in [0.3, 0.4) is 0 Å². The summed E-state index contributed by atoms with van der Waals surface area (Å²) in [5.74, 6) is 0. The number of nitriles is 1. The van der Waals surface area contributed by atoms with E-state index in [0.29, 0.717) is 0 Å². The number of nitrogens with zero attached hydrogens (tertiary/aromatic N) is 1. The van der Waals surface area contributed by atoms with Gasteiger partial charge in [-0.05, 0) is 30.0 Å². The third kappa shape index (κ3) is 1.34. The third-order valence-corrected chi connectivity index (χ3v) is 3.21. The molecule has 2 aromatic rings. The maximum absolute atomic E-state index is 8.96. The van der Waals surface area contributed by atoms with Crippen LogP contribution >= 0.6 is 11.3 Å². The summed E-state index contributed by atoms with van der Waals surface area (Å²) in [7, 11) is 1.64. The van der Waals surface area contributed by atoms with E-state index in [4.69, 9.17) is 10.00 Å². The lowest BCUT2D eigenvalue weighted by Gasteiger charge is -1.94. The molecule has 0 bridgehead atoms. The molecule has 0 unspecified atom stereocenters. The van der Waals surface area contributed by atoms with E-state index in [0.717, 1.165) is 26.3 Å². The van der Waals surface area contributed by atoms with Gasteiger partial charge in [0, 0.05) is 0 Å². The second kappa shape index (κ2) is 3.32. The predicted octanol–water partition coefficient (Wildman–Crippen LogP) is 3.09. The van der Waals surface area contributed by atoms with Crippen LogP contribution in [0, 0.1) is 18.3 Å². The monoisotopic (exact) mass is 203 g/mol. The fourth-order valence-corrected chi connectivity index (χ4v) is 2.38. The van der Waals surface area contributed by atoms with Gasteiger partial charge in [-0.3, -0.25) is 0 Å². The molecule has 0 spiro atoms. The summed E-state index contributed by atoms with van der Waals surface area (Å²) in [6.07, 6.45) is 0. The molecule has 0 radical (unpaired) electrons. The van der Waals surface area contributed by atoms with Gasteiger partial charge in [0.2, 0.25) is 0 Å². The molecule has 2 nitrogen and oxygen atoms in total. The van der Waals surface area contributed by atoms with Crippen LogP contribution in [0.5, 0.6) is 5.06 Å². The molecular weight excluding hydrogens is 194 g/mol. The third-order valence-electron chi connectivity index (χ3n) is 2.06. The number of benzene rings is 1. The highest BCUT2D eigenvalue weighted by Gasteiger charge is 2.07. The summed E-state index contributed by atoms with van der Waals surface area (Å²) in [5, 5.41) is 10.9. The lowest BCUT2D eigenvalue weighted by Crippen LogP contribution is -1.77. The molecule has 0 atom stereocenters. The molecule has 0 fully saturated rings. The van der Waals surface area contributed by atoms with Crippen molar-refractivity contribution in [2.24, 2.45) is 0 Å². The Hall–Kier alpha value is -1.53. The van der Waals surface area contributed by atoms with Crippen LogP contribution in [0.1, 0.15) is 11.1 Å². The van der Waals surface area contributed by atoms with Crippen LogP contribution in [0.4, 0.5) is 0 Å². The van der Waals surface area contributed by atoms with Crippen molar-refractivity contribution in [3.05, 3.63) is 29.3 Å². The molecular formula is C11H9NOS. The number of hydrogen-bond donors (Lipinski definition) is 0. The van der Waals surface area contributed by atoms with Crippen LogP contribution in [0.25, 0.3) is 10.1 Å². The molecule has 0 aliphatic carbocycles. The first kappa shape index (κ1) is 9.04. The van der Waals surface area contributed by atoms with Crippen molar-refractivity contribution in [3.63, 3.8) is 0 Å². The average Bonchev–Trinajstić information content (AvgIpc) is 2.59. The quantitative estimate of drug-likeness (QED) is 0.713. The van der Waals surface area contributed by atoms with Crippen molar-refractivity contribution in [1.82, 2.24) is 0 Å². The van der Waals surface area contributed by atoms with Gasteiger partial charge in [-0.15, -0.1) is 0 Å². The van der Waals surface area contributed by atoms with Gasteiger partial charge in [0.05, 0.1) is 17.4 Å². The molecule has 3 heteroatoms. The van der Waals surface area contributed by atoms with E-state index in [9.17, 15) is 0 Å². The zero-order valence-electron chi connectivity index (χ0n) is 8.00. The minimum Gasteiger partial charge on any atom is -0.487 e. The number of rotatable bonds is 1. The molecule has 70 valence electrons. The molecule has 0 saturated carbocycles. The Morgan fingerprint density at radius 3 is 2.79 bits per heavy atom. The van der Waals surface area contributed by atoms with E-state index in [2.05, 4.69) is 12.1 Å². The first-order chi connectivity index (χ1) is 6.74. The predicted molar refractivity (Wildman–Crippen MR) is 57.8 cm³/mol. The summed E-state index contributed by atoms with van der Waals surface area (Å²) in [6.45, 7) is 1.99. The van der Waals surface area contributed by atoms with E-state index >= 15 is 0 Å². The maximum Gasteiger partial charge on any atom is 0.174 e. The van der Waals surface area contributed by atoms with E-state index in [1.807, 2.05) is 19.1 Å². The summed E-state index contributed by atoms with van der Waals surface area (Å²) in [4.78, 5) is 0. The average molecular weight is 203 g/mol. The van der Waals surface area contributed by atoms with Crippen molar-refractivity contribution < 1.29 is 4.74 Å². The van der Waals surface area contributed by atoms with Crippen LogP contribution in [0.15, 0.2) is 18.2 Å². The molecule has 2 rings (SSSR count). The lowest BCUT2D eigenvalue weighted by molar-refractivity contribution is 0.427. The normalized spacial score (nSPS) is 10.1. The molecule has 0 saturated heterocycles. The topological polar surface area (TPSA) is 33.0 Å². The van der Waals surface area contributed by atoms with Gasteiger partial charge < -0.3 is 4.74 Å². The first-order valence-electron chi connectivity index (χ1n) is 4.23. The van der Waals surface area contributed by atoms with Crippen LogP contribution < -0.4 is 4.74 Å². The number of thiophene rings is 1. The minimum atomic E-state index is 0.730. The van der Waals surface area contributed by atoms with Crippen LogP contribution in [0.2, 0.25) is 0 Å². The highest BCUT2D eigenvalue weighted by atomic mass is 32.1. The highest BCUT2D eigenvalue weighted by Crippen LogP contribution is 2.34. The van der Waals surface area contributed by atoms with E-state index < -0.39 is 0 Å². The van der Waals surface area contributed by atoms with Crippen molar-refractivity contribution in [3.8, 4) is 11.1 Å². The molecule has 0 N–H and O–H groups in total. The van der Waals surface area contributed by atoms with Gasteiger partial charge in [-0.2, -0.15) is 5.26 Å². The molecule has 14 heavy (non-hydrogen) atoms. The van der Waals surface area contributed by atoms with Gasteiger partial charge in [-0.1, -0.05) is 17.4 Å². The zero-order chi connectivity index (χ0) is 10.1. The standard InChI is InChI=1S/C11H9NOS/c1-7-3-8-5-10(13-2)14-11(8)9(4-7)6-12/h3-5H,1-2H3. The van der Waals surface area contributed by atoms with Crippen molar-refractivity contribution in [1.29, 1.82) is 5.26 Å². The van der Waals surface area contributed by atoms with E-state index in [1.165, 1.54) is 11.3 Å². The number of methoxy groups -OCH3 is 1. The van der Waals surface area contributed by atoms with Gasteiger partial charge in [-0.25, -0.2) is 0 Å². The summed E-state index contributed by atoms with van der Waals surface area (Å²) >= 11 is 1.51. The van der Waals surface area contributed by atoms with Gasteiger partial charge in [0.1, 0.15) is 6.07 Å². The van der Waals surface area contributed by atoms with Crippen molar-refractivity contribution in [2.75, 3.05) is 7.11 Å². The fourth-order valence-electron chi connectivity index (χ4n) is 1.46. The highest BCUT2D eigenvalue weighted by molar-refractivity contribution is 7.21. The van der Waals surface area contributed by atoms with Crippen molar-refractivity contribution in [2.45, 2.75) is 6.92 Å². The summed E-state index contributed by atoms with van der Waals surface area (Å²) in [6, 6.07) is 8.13. The summed E-state index contributed by atoms with van der Waals surface area (Å²) in [5.41, 5.74) is 1.84. The fraction of sp³-hybridized carbons (Fsp3) is 0.182. The van der Waals surface area contributed by atoms with Gasteiger partial charge >= 0.3 is 0 Å². The Kier molecular flexibility index (Phi) is 2.14. The first-order valence-corrected chi connectivity index (χ1v) is 5.04. The molecule has 0 aliphatic heterocycles. The minimum absolute atomic E-state index is 0.730. The number of fused-ring (bicyclic) bond motifs is 1. The Labute approximate surface area is 86.4 Å². The molecule has 1 heterocycles. The molecule has 1 aromatic heterocycles. The second-order valence-corrected chi connectivity index (χ2v) is 4.13. The summed E-state index contributed by atoms with van der Waals surface area (Å²) < 4.78 is 6.16. The van der Waals surface area contributed by atoms with Gasteiger partial charge in [0.25, 0.3) is 0 Å². The van der Waals surface area contributed by atoms with Crippen molar-refractivity contribution >= 4 is 21.4 Å². The SMILES string of the molecule is COc1cc2cc(C)cc(C#N)c2s1. The van der Waals surface area contributed by atoms with E-state index in [-0.39, 0.29) is 0 Å². The van der Waals surface area contributed by atoms with Gasteiger partial charge in [0.15, 0.2) is 5.06 Å². The van der Waals surface area contributed by atoms with E-state index in [1.54, 1.807) is 7.11 Å². The van der Waals surface area contributed by atoms with Crippen LogP contribution in [-0.2, 0) is 0 Å². The Morgan fingerprint density at radius 2 is 2.14 bits per heavy atom. The Balaban J connectivity index is 2.79. The number of hydrogen-bond acceptors (Lipinski definition) is 3. The largest absolute Gasteiger partial charge is 0.487 e. The molecule has 1 aromatic carbocycles. The number of aryl methyl sites for hydroxylation is 1. The maximum atomic E-state index is 8.96. The Morgan fingerprint density at radius 1 is 1.36 bits per heavy atom. The zero-order valence-corrected chi connectivity index (χ0v) is 8.81. The van der Waals surface area contributed by atoms with Crippen LogP contribution in [-0.4, -0.2) is 7.11 Å².